The first-order chi connectivity index (χ1) is 13.5. The van der Waals surface area contributed by atoms with Crippen LogP contribution in [0.3, 0.4) is 0 Å². The monoisotopic (exact) mass is 405 g/mol. The van der Waals surface area contributed by atoms with Crippen molar-refractivity contribution in [3.8, 4) is 0 Å². The van der Waals surface area contributed by atoms with Crippen LogP contribution in [-0.2, 0) is 4.74 Å². The Labute approximate surface area is 169 Å². The fraction of sp³-hybridized carbons (Fsp3) is 0.429. The summed E-state index contributed by atoms with van der Waals surface area (Å²) in [5, 5.41) is 6.00. The second kappa shape index (κ2) is 9.34. The number of nitrogens with one attached hydrogen (secondary N) is 2. The van der Waals surface area contributed by atoms with Gasteiger partial charge in [-0.3, -0.25) is 4.79 Å². The van der Waals surface area contributed by atoms with E-state index in [1.165, 1.54) is 6.07 Å². The number of anilines is 2. The molecule has 0 atom stereocenters. The number of amides is 1. The predicted molar refractivity (Wildman–Crippen MR) is 109 cm³/mol. The highest BCUT2D eigenvalue weighted by Crippen LogP contribution is 2.27. The van der Waals surface area contributed by atoms with Crippen molar-refractivity contribution in [2.45, 2.75) is 32.6 Å². The molecule has 0 radical (unpaired) electrons. The molecular weight excluding hydrogens is 381 g/mol. The van der Waals surface area contributed by atoms with Crippen LogP contribution in [0.5, 0.6) is 0 Å². The van der Waals surface area contributed by atoms with Crippen molar-refractivity contribution >= 4 is 29.0 Å². The van der Waals surface area contributed by atoms with Crippen molar-refractivity contribution in [3.63, 3.8) is 0 Å². The van der Waals surface area contributed by atoms with E-state index in [1.54, 1.807) is 24.4 Å². The van der Waals surface area contributed by atoms with Crippen LogP contribution in [-0.4, -0.2) is 30.6 Å². The van der Waals surface area contributed by atoms with E-state index in [9.17, 15) is 9.18 Å². The van der Waals surface area contributed by atoms with Crippen LogP contribution < -0.4 is 10.6 Å². The smallest absolute Gasteiger partial charge is 0.253 e. The van der Waals surface area contributed by atoms with E-state index < -0.39 is 5.82 Å². The van der Waals surface area contributed by atoms with Crippen LogP contribution in [0.25, 0.3) is 0 Å². The number of nitrogens with zero attached hydrogens (tertiary/aromatic N) is 1. The normalized spacial score (nSPS) is 14.9. The summed E-state index contributed by atoms with van der Waals surface area (Å²) >= 11 is 5.83. The fourth-order valence-corrected chi connectivity index (χ4v) is 3.40. The number of pyridine rings is 1. The first-order valence-corrected chi connectivity index (χ1v) is 9.90. The molecule has 0 bridgehead atoms. The summed E-state index contributed by atoms with van der Waals surface area (Å²) < 4.78 is 19.5. The molecule has 0 spiro atoms. The Morgan fingerprint density at radius 3 is 2.82 bits per heavy atom. The lowest BCUT2D eigenvalue weighted by atomic mass is 9.97. The molecule has 3 rings (SSSR count). The van der Waals surface area contributed by atoms with E-state index in [0.29, 0.717) is 23.8 Å². The summed E-state index contributed by atoms with van der Waals surface area (Å²) in [6.07, 6.45) is 3.46. The molecule has 2 aromatic rings. The fourth-order valence-electron chi connectivity index (χ4n) is 3.23. The highest BCUT2D eigenvalue weighted by molar-refractivity contribution is 6.31. The van der Waals surface area contributed by atoms with Crippen molar-refractivity contribution in [1.82, 2.24) is 10.3 Å². The molecular formula is C21H25ClFN3O2. The van der Waals surface area contributed by atoms with Gasteiger partial charge in [-0.2, -0.15) is 0 Å². The second-order valence-corrected chi connectivity index (χ2v) is 7.71. The zero-order chi connectivity index (χ0) is 20.1. The van der Waals surface area contributed by atoms with Crippen LogP contribution >= 0.6 is 11.6 Å². The molecule has 2 N–H and O–H groups in total. The predicted octanol–water partition coefficient (Wildman–Crippen LogP) is 4.90. The summed E-state index contributed by atoms with van der Waals surface area (Å²) in [6, 6.07) is 6.52. The summed E-state index contributed by atoms with van der Waals surface area (Å²) in [4.78, 5) is 17.0. The molecule has 0 saturated carbocycles. The van der Waals surface area contributed by atoms with E-state index in [4.69, 9.17) is 16.3 Å². The van der Waals surface area contributed by atoms with Crippen LogP contribution in [0, 0.1) is 11.7 Å². The maximum absolute atomic E-state index is 14.1. The molecule has 1 aromatic carbocycles. The molecule has 7 heteroatoms. The molecule has 28 heavy (non-hydrogen) atoms. The summed E-state index contributed by atoms with van der Waals surface area (Å²) in [5.74, 6) is 0.348. The first-order valence-electron chi connectivity index (χ1n) is 9.52. The average molecular weight is 406 g/mol. The maximum Gasteiger partial charge on any atom is 0.253 e. The van der Waals surface area contributed by atoms with Gasteiger partial charge in [-0.15, -0.1) is 0 Å². The average Bonchev–Trinajstić information content (AvgIpc) is 2.70. The van der Waals surface area contributed by atoms with Gasteiger partial charge in [0.25, 0.3) is 5.91 Å². The minimum absolute atomic E-state index is 0.0400. The highest BCUT2D eigenvalue weighted by Gasteiger charge is 2.19. The van der Waals surface area contributed by atoms with Gasteiger partial charge < -0.3 is 15.4 Å². The quantitative estimate of drug-likeness (QED) is 0.717. The maximum atomic E-state index is 14.1. The van der Waals surface area contributed by atoms with Crippen LogP contribution in [0.1, 0.15) is 48.5 Å². The standard InChI is InChI=1S/C21H25ClFN3O2/c1-13(2)15-10-19(26-18-5-3-4-17(22)20(18)23)24-12-16(15)21(27)25-11-14-6-8-28-9-7-14/h3-5,10,12-14H,6-9,11H2,1-2H3,(H,24,26)(H,25,27). The highest BCUT2D eigenvalue weighted by atomic mass is 35.5. The molecule has 1 amide bonds. The molecule has 150 valence electrons. The van der Waals surface area contributed by atoms with E-state index in [-0.39, 0.29) is 22.5 Å². The van der Waals surface area contributed by atoms with Gasteiger partial charge in [0.2, 0.25) is 0 Å². The lowest BCUT2D eigenvalue weighted by Crippen LogP contribution is -2.32. The van der Waals surface area contributed by atoms with Crippen molar-refractivity contribution in [1.29, 1.82) is 0 Å². The summed E-state index contributed by atoms with van der Waals surface area (Å²) in [5.41, 5.74) is 1.63. The van der Waals surface area contributed by atoms with Gasteiger partial charge in [0.1, 0.15) is 5.82 Å². The van der Waals surface area contributed by atoms with Gasteiger partial charge in [0, 0.05) is 26.0 Å². The SMILES string of the molecule is CC(C)c1cc(Nc2cccc(Cl)c2F)ncc1C(=O)NCC1CCOCC1. The van der Waals surface area contributed by atoms with Crippen molar-refractivity contribution in [2.75, 3.05) is 25.1 Å². The Bertz CT molecular complexity index is 838. The Morgan fingerprint density at radius 1 is 1.36 bits per heavy atom. The minimum atomic E-state index is -0.532. The number of carbonyl (C=O) groups excluding carboxylic acids is 1. The number of ether oxygens (including phenoxy) is 1. The molecule has 5 nitrogen and oxygen atoms in total. The largest absolute Gasteiger partial charge is 0.381 e. The molecule has 1 aliphatic heterocycles. The Balaban J connectivity index is 1.75. The Morgan fingerprint density at radius 2 is 2.11 bits per heavy atom. The van der Waals surface area contributed by atoms with E-state index >= 15 is 0 Å². The number of benzene rings is 1. The summed E-state index contributed by atoms with van der Waals surface area (Å²) in [6.45, 7) is 6.15. The Hall–Kier alpha value is -2.18. The lowest BCUT2D eigenvalue weighted by molar-refractivity contribution is 0.0642. The van der Waals surface area contributed by atoms with Gasteiger partial charge in [0.05, 0.1) is 16.3 Å². The van der Waals surface area contributed by atoms with Crippen molar-refractivity contribution in [3.05, 3.63) is 52.4 Å². The topological polar surface area (TPSA) is 63.2 Å². The molecule has 0 unspecified atom stereocenters. The lowest BCUT2D eigenvalue weighted by Gasteiger charge is -2.22. The molecule has 1 aliphatic rings. The molecule has 2 heterocycles. The zero-order valence-corrected chi connectivity index (χ0v) is 16.9. The first kappa shape index (κ1) is 20.6. The Kier molecular flexibility index (Phi) is 6.86. The zero-order valence-electron chi connectivity index (χ0n) is 16.1. The number of halogens is 2. The number of aromatic nitrogens is 1. The molecule has 1 fully saturated rings. The van der Waals surface area contributed by atoms with E-state index in [0.717, 1.165) is 31.6 Å². The van der Waals surface area contributed by atoms with Gasteiger partial charge in [-0.25, -0.2) is 9.37 Å². The second-order valence-electron chi connectivity index (χ2n) is 7.30. The van der Waals surface area contributed by atoms with Crippen LogP contribution in [0.15, 0.2) is 30.5 Å². The van der Waals surface area contributed by atoms with Crippen LogP contribution in [0.4, 0.5) is 15.9 Å². The number of hydrogen-bond acceptors (Lipinski definition) is 4. The van der Waals surface area contributed by atoms with E-state index in [2.05, 4.69) is 15.6 Å². The van der Waals surface area contributed by atoms with Crippen molar-refractivity contribution in [2.24, 2.45) is 5.92 Å². The third kappa shape index (κ3) is 5.00. The number of hydrogen-bond donors (Lipinski definition) is 2. The third-order valence-corrected chi connectivity index (χ3v) is 5.20. The molecule has 1 aromatic heterocycles. The molecule has 0 aliphatic carbocycles. The minimum Gasteiger partial charge on any atom is -0.381 e. The summed E-state index contributed by atoms with van der Waals surface area (Å²) in [7, 11) is 0. The number of carbonyl (C=O) groups is 1. The van der Waals surface area contributed by atoms with Crippen LogP contribution in [0.2, 0.25) is 5.02 Å². The van der Waals surface area contributed by atoms with Gasteiger partial charge >= 0.3 is 0 Å². The van der Waals surface area contributed by atoms with Gasteiger partial charge in [0.15, 0.2) is 5.82 Å². The van der Waals surface area contributed by atoms with E-state index in [1.807, 2.05) is 13.8 Å². The van der Waals surface area contributed by atoms with Gasteiger partial charge in [-0.05, 0) is 48.4 Å². The van der Waals surface area contributed by atoms with Crippen molar-refractivity contribution < 1.29 is 13.9 Å². The van der Waals surface area contributed by atoms with Gasteiger partial charge in [-0.1, -0.05) is 31.5 Å². The third-order valence-electron chi connectivity index (χ3n) is 4.91. The number of rotatable bonds is 6. The molecule has 1 saturated heterocycles.